The molecular formula is C11H12Cl2O. The van der Waals surface area contributed by atoms with Crippen LogP contribution >= 0.6 is 23.2 Å². The summed E-state index contributed by atoms with van der Waals surface area (Å²) in [6.45, 7) is 2.01. The first-order chi connectivity index (χ1) is 6.65. The van der Waals surface area contributed by atoms with Crippen molar-refractivity contribution >= 4 is 23.2 Å². The second-order valence-corrected chi connectivity index (χ2v) is 4.77. The Balaban J connectivity index is 2.02. The van der Waals surface area contributed by atoms with Gasteiger partial charge in [-0.05, 0) is 24.6 Å². The third-order valence-electron chi connectivity index (χ3n) is 2.42. The van der Waals surface area contributed by atoms with Crippen LogP contribution < -0.4 is 4.74 Å². The quantitative estimate of drug-likeness (QED) is 0.703. The van der Waals surface area contributed by atoms with Gasteiger partial charge >= 0.3 is 0 Å². The molecule has 1 aromatic carbocycles. The Kier molecular flexibility index (Phi) is 2.89. The third kappa shape index (κ3) is 2.15. The average molecular weight is 231 g/mol. The molecule has 0 aromatic heterocycles. The SMILES string of the molecule is Cc1ccc(OC2CC(Cl)C2)c(Cl)c1. The zero-order chi connectivity index (χ0) is 10.1. The van der Waals surface area contributed by atoms with Crippen molar-refractivity contribution in [2.24, 2.45) is 0 Å². The first-order valence-electron chi connectivity index (χ1n) is 4.72. The predicted octanol–water partition coefficient (Wildman–Crippen LogP) is 3.80. The van der Waals surface area contributed by atoms with Crippen LogP contribution in [0.2, 0.25) is 5.02 Å². The van der Waals surface area contributed by atoms with Crippen molar-refractivity contribution < 1.29 is 4.74 Å². The first-order valence-corrected chi connectivity index (χ1v) is 5.53. The lowest BCUT2D eigenvalue weighted by Gasteiger charge is -2.31. The summed E-state index contributed by atoms with van der Waals surface area (Å²) in [6, 6.07) is 5.82. The van der Waals surface area contributed by atoms with Gasteiger partial charge in [-0.1, -0.05) is 17.7 Å². The van der Waals surface area contributed by atoms with Gasteiger partial charge in [0.05, 0.1) is 5.02 Å². The maximum absolute atomic E-state index is 6.03. The zero-order valence-electron chi connectivity index (χ0n) is 7.97. The van der Waals surface area contributed by atoms with Crippen LogP contribution in [0.15, 0.2) is 18.2 Å². The van der Waals surface area contributed by atoms with Crippen molar-refractivity contribution in [1.82, 2.24) is 0 Å². The number of hydrogen-bond acceptors (Lipinski definition) is 1. The van der Waals surface area contributed by atoms with E-state index in [2.05, 4.69) is 0 Å². The molecule has 1 aliphatic rings. The van der Waals surface area contributed by atoms with E-state index in [1.54, 1.807) is 0 Å². The standard InChI is InChI=1S/C11H12Cl2O/c1-7-2-3-11(10(13)4-7)14-9-5-8(12)6-9/h2-4,8-9H,5-6H2,1H3. The molecule has 1 aromatic rings. The van der Waals surface area contributed by atoms with Gasteiger partial charge in [0.25, 0.3) is 0 Å². The molecule has 1 saturated carbocycles. The van der Waals surface area contributed by atoms with Crippen LogP contribution in [0.25, 0.3) is 0 Å². The van der Waals surface area contributed by atoms with E-state index in [1.807, 2.05) is 25.1 Å². The first kappa shape index (κ1) is 10.1. The minimum absolute atomic E-state index is 0.248. The van der Waals surface area contributed by atoms with E-state index in [9.17, 15) is 0 Å². The second kappa shape index (κ2) is 4.00. The highest BCUT2D eigenvalue weighted by Crippen LogP contribution is 2.33. The maximum Gasteiger partial charge on any atom is 0.138 e. The van der Waals surface area contributed by atoms with Crippen molar-refractivity contribution in [1.29, 1.82) is 0 Å². The maximum atomic E-state index is 6.03. The Morgan fingerprint density at radius 2 is 2.07 bits per heavy atom. The van der Waals surface area contributed by atoms with Crippen LogP contribution in [0.1, 0.15) is 18.4 Å². The van der Waals surface area contributed by atoms with Gasteiger partial charge in [0.1, 0.15) is 11.9 Å². The van der Waals surface area contributed by atoms with E-state index >= 15 is 0 Å². The number of ether oxygens (including phenoxy) is 1. The molecule has 0 spiro atoms. The number of aryl methyl sites for hydroxylation is 1. The van der Waals surface area contributed by atoms with Crippen LogP contribution in [0, 0.1) is 6.92 Å². The molecule has 3 heteroatoms. The molecule has 1 aliphatic carbocycles. The van der Waals surface area contributed by atoms with Crippen LogP contribution in [0.3, 0.4) is 0 Å². The minimum Gasteiger partial charge on any atom is -0.489 e. The monoisotopic (exact) mass is 230 g/mol. The van der Waals surface area contributed by atoms with Crippen molar-refractivity contribution in [2.45, 2.75) is 31.2 Å². The average Bonchev–Trinajstić information content (AvgIpc) is 2.06. The molecular weight excluding hydrogens is 219 g/mol. The molecule has 0 saturated heterocycles. The summed E-state index contributed by atoms with van der Waals surface area (Å²) in [7, 11) is 0. The second-order valence-electron chi connectivity index (χ2n) is 3.74. The largest absolute Gasteiger partial charge is 0.489 e. The molecule has 1 fully saturated rings. The lowest BCUT2D eigenvalue weighted by atomic mass is 9.95. The van der Waals surface area contributed by atoms with Crippen molar-refractivity contribution in [2.75, 3.05) is 0 Å². The molecule has 2 rings (SSSR count). The Hall–Kier alpha value is -0.400. The normalized spacial score (nSPS) is 25.6. The number of halogens is 2. The summed E-state index contributed by atoms with van der Waals surface area (Å²) >= 11 is 11.9. The summed E-state index contributed by atoms with van der Waals surface area (Å²) in [5.74, 6) is 0.769. The lowest BCUT2D eigenvalue weighted by Crippen LogP contribution is -2.34. The number of benzene rings is 1. The molecule has 0 amide bonds. The highest BCUT2D eigenvalue weighted by Gasteiger charge is 2.29. The zero-order valence-corrected chi connectivity index (χ0v) is 9.48. The number of alkyl halides is 1. The molecule has 0 radical (unpaired) electrons. The highest BCUT2D eigenvalue weighted by atomic mass is 35.5. The molecule has 0 aliphatic heterocycles. The Bertz CT molecular complexity index is 332. The van der Waals surface area contributed by atoms with Gasteiger partial charge in [-0.25, -0.2) is 0 Å². The highest BCUT2D eigenvalue weighted by molar-refractivity contribution is 6.32. The molecule has 14 heavy (non-hydrogen) atoms. The molecule has 76 valence electrons. The van der Waals surface area contributed by atoms with E-state index in [0.29, 0.717) is 5.02 Å². The van der Waals surface area contributed by atoms with Gasteiger partial charge in [0.2, 0.25) is 0 Å². The fourth-order valence-electron chi connectivity index (χ4n) is 1.48. The van der Waals surface area contributed by atoms with Crippen molar-refractivity contribution in [3.05, 3.63) is 28.8 Å². The smallest absolute Gasteiger partial charge is 0.138 e. The molecule has 0 bridgehead atoms. The lowest BCUT2D eigenvalue weighted by molar-refractivity contribution is 0.124. The molecule has 0 heterocycles. The summed E-state index contributed by atoms with van der Waals surface area (Å²) in [4.78, 5) is 0. The summed E-state index contributed by atoms with van der Waals surface area (Å²) in [6.07, 6.45) is 2.09. The Morgan fingerprint density at radius 1 is 1.36 bits per heavy atom. The third-order valence-corrected chi connectivity index (χ3v) is 3.07. The van der Waals surface area contributed by atoms with Gasteiger partial charge in [-0.2, -0.15) is 0 Å². The van der Waals surface area contributed by atoms with Crippen LogP contribution in [-0.2, 0) is 0 Å². The van der Waals surface area contributed by atoms with E-state index in [0.717, 1.165) is 24.2 Å². The molecule has 1 nitrogen and oxygen atoms in total. The Morgan fingerprint density at radius 3 is 2.64 bits per heavy atom. The van der Waals surface area contributed by atoms with Gasteiger partial charge in [-0.15, -0.1) is 11.6 Å². The van der Waals surface area contributed by atoms with Gasteiger partial charge in [0, 0.05) is 18.2 Å². The van der Waals surface area contributed by atoms with Crippen LogP contribution in [0.4, 0.5) is 0 Å². The number of hydrogen-bond donors (Lipinski definition) is 0. The van der Waals surface area contributed by atoms with Crippen LogP contribution in [-0.4, -0.2) is 11.5 Å². The molecule has 0 unspecified atom stereocenters. The van der Waals surface area contributed by atoms with Crippen molar-refractivity contribution in [3.8, 4) is 5.75 Å². The van der Waals surface area contributed by atoms with Gasteiger partial charge < -0.3 is 4.74 Å². The van der Waals surface area contributed by atoms with E-state index in [1.165, 1.54) is 0 Å². The topological polar surface area (TPSA) is 9.23 Å². The van der Waals surface area contributed by atoms with Crippen molar-refractivity contribution in [3.63, 3.8) is 0 Å². The fourth-order valence-corrected chi connectivity index (χ4v) is 2.16. The minimum atomic E-state index is 0.248. The summed E-state index contributed by atoms with van der Waals surface area (Å²) in [5, 5.41) is 0.965. The fraction of sp³-hybridized carbons (Fsp3) is 0.455. The van der Waals surface area contributed by atoms with Crippen LogP contribution in [0.5, 0.6) is 5.75 Å². The Labute approximate surface area is 94.0 Å². The van der Waals surface area contributed by atoms with Gasteiger partial charge in [0.15, 0.2) is 0 Å². The molecule has 0 atom stereocenters. The summed E-state index contributed by atoms with van der Waals surface area (Å²) in [5.41, 5.74) is 1.14. The predicted molar refractivity (Wildman–Crippen MR) is 59.5 cm³/mol. The van der Waals surface area contributed by atoms with E-state index in [4.69, 9.17) is 27.9 Å². The molecule has 0 N–H and O–H groups in total. The number of rotatable bonds is 2. The van der Waals surface area contributed by atoms with E-state index < -0.39 is 0 Å². The van der Waals surface area contributed by atoms with Gasteiger partial charge in [-0.3, -0.25) is 0 Å². The van der Waals surface area contributed by atoms with E-state index in [-0.39, 0.29) is 11.5 Å². The summed E-state index contributed by atoms with van der Waals surface area (Å²) < 4.78 is 5.69.